The highest BCUT2D eigenvalue weighted by Gasteiger charge is 2.23. The SMILES string of the molecule is CC(C)OCCCNc1ncc2c(n1)c(NC1CC1)nc1cc(C(=O)O)ccc12. The summed E-state index contributed by atoms with van der Waals surface area (Å²) in [4.78, 5) is 25.1. The van der Waals surface area contributed by atoms with Crippen LogP contribution in [0.15, 0.2) is 24.4 Å². The normalized spacial score (nSPS) is 13.9. The molecule has 0 unspecified atom stereocenters. The molecule has 0 bridgehead atoms. The highest BCUT2D eigenvalue weighted by Crippen LogP contribution is 2.32. The molecule has 3 aromatic rings. The van der Waals surface area contributed by atoms with Crippen LogP contribution in [0.4, 0.5) is 11.8 Å². The summed E-state index contributed by atoms with van der Waals surface area (Å²) in [6.45, 7) is 5.44. The number of hydrogen-bond acceptors (Lipinski definition) is 7. The number of carboxylic acid groups (broad SMARTS) is 1. The Labute approximate surface area is 168 Å². The lowest BCUT2D eigenvalue weighted by molar-refractivity contribution is 0.0696. The highest BCUT2D eigenvalue weighted by atomic mass is 16.5. The van der Waals surface area contributed by atoms with Crippen molar-refractivity contribution in [2.24, 2.45) is 0 Å². The van der Waals surface area contributed by atoms with Crippen LogP contribution in [0.3, 0.4) is 0 Å². The van der Waals surface area contributed by atoms with Gasteiger partial charge in [-0.3, -0.25) is 0 Å². The van der Waals surface area contributed by atoms with Crippen molar-refractivity contribution in [1.29, 1.82) is 0 Å². The van der Waals surface area contributed by atoms with Crippen LogP contribution in [0.2, 0.25) is 0 Å². The fourth-order valence-corrected chi connectivity index (χ4v) is 3.12. The largest absolute Gasteiger partial charge is 0.478 e. The lowest BCUT2D eigenvalue weighted by atomic mass is 10.1. The third-order valence-corrected chi connectivity index (χ3v) is 4.75. The average Bonchev–Trinajstić information content (AvgIpc) is 3.51. The number of pyridine rings is 1. The molecule has 29 heavy (non-hydrogen) atoms. The van der Waals surface area contributed by atoms with E-state index in [1.54, 1.807) is 24.4 Å². The second kappa shape index (κ2) is 8.16. The number of ether oxygens (including phenoxy) is 1. The number of nitrogens with one attached hydrogen (secondary N) is 2. The van der Waals surface area contributed by atoms with Crippen LogP contribution in [0.1, 0.15) is 43.5 Å². The Hall–Kier alpha value is -3.00. The molecule has 2 heterocycles. The van der Waals surface area contributed by atoms with Gasteiger partial charge in [0.1, 0.15) is 5.52 Å². The van der Waals surface area contributed by atoms with Crippen LogP contribution in [-0.4, -0.2) is 51.3 Å². The zero-order chi connectivity index (χ0) is 20.4. The fourth-order valence-electron chi connectivity index (χ4n) is 3.12. The predicted octanol–water partition coefficient (Wildman–Crippen LogP) is 3.68. The molecule has 8 nitrogen and oxygen atoms in total. The molecule has 152 valence electrons. The maximum atomic E-state index is 11.3. The first-order valence-electron chi connectivity index (χ1n) is 9.97. The molecule has 4 rings (SSSR count). The van der Waals surface area contributed by atoms with Crippen LogP contribution in [0.5, 0.6) is 0 Å². The Morgan fingerprint density at radius 2 is 2.10 bits per heavy atom. The molecule has 0 radical (unpaired) electrons. The Balaban J connectivity index is 1.65. The number of aromatic carboxylic acids is 1. The number of fused-ring (bicyclic) bond motifs is 3. The topological polar surface area (TPSA) is 109 Å². The molecule has 0 saturated heterocycles. The van der Waals surface area contributed by atoms with E-state index in [0.717, 1.165) is 35.6 Å². The monoisotopic (exact) mass is 395 g/mol. The quantitative estimate of drug-likeness (QED) is 0.372. The molecule has 2 aromatic heterocycles. The van der Waals surface area contributed by atoms with Gasteiger partial charge in [-0.25, -0.2) is 19.7 Å². The Morgan fingerprint density at radius 1 is 1.28 bits per heavy atom. The summed E-state index contributed by atoms with van der Waals surface area (Å²) >= 11 is 0. The van der Waals surface area contributed by atoms with E-state index < -0.39 is 5.97 Å². The van der Waals surface area contributed by atoms with E-state index in [1.807, 2.05) is 13.8 Å². The van der Waals surface area contributed by atoms with Crippen LogP contribution in [-0.2, 0) is 4.74 Å². The van der Waals surface area contributed by atoms with E-state index >= 15 is 0 Å². The van der Waals surface area contributed by atoms with Gasteiger partial charge in [-0.15, -0.1) is 0 Å². The van der Waals surface area contributed by atoms with Gasteiger partial charge in [-0.2, -0.15) is 0 Å². The minimum Gasteiger partial charge on any atom is -0.478 e. The van der Waals surface area contributed by atoms with Crippen molar-refractivity contribution >= 4 is 39.5 Å². The van der Waals surface area contributed by atoms with Crippen molar-refractivity contribution in [1.82, 2.24) is 15.0 Å². The predicted molar refractivity (Wildman–Crippen MR) is 113 cm³/mol. The van der Waals surface area contributed by atoms with E-state index in [-0.39, 0.29) is 11.7 Å². The number of rotatable bonds is 9. The molecule has 0 spiro atoms. The molecule has 1 aromatic carbocycles. The van der Waals surface area contributed by atoms with Crippen molar-refractivity contribution in [3.8, 4) is 0 Å². The number of nitrogens with zero attached hydrogens (tertiary/aromatic N) is 3. The van der Waals surface area contributed by atoms with Gasteiger partial charge in [-0.1, -0.05) is 6.07 Å². The number of carbonyl (C=O) groups is 1. The van der Waals surface area contributed by atoms with Crippen LogP contribution in [0.25, 0.3) is 21.8 Å². The minimum absolute atomic E-state index is 0.213. The van der Waals surface area contributed by atoms with E-state index in [9.17, 15) is 9.90 Å². The molecular formula is C21H25N5O3. The number of benzene rings is 1. The zero-order valence-corrected chi connectivity index (χ0v) is 16.6. The summed E-state index contributed by atoms with van der Waals surface area (Å²) in [6, 6.07) is 5.34. The van der Waals surface area contributed by atoms with E-state index in [1.165, 1.54) is 0 Å². The lowest BCUT2D eigenvalue weighted by Gasteiger charge is -2.12. The molecule has 8 heteroatoms. The molecule has 0 aliphatic heterocycles. The summed E-state index contributed by atoms with van der Waals surface area (Å²) in [5, 5.41) is 17.6. The molecule has 0 atom stereocenters. The van der Waals surface area contributed by atoms with E-state index in [2.05, 4.69) is 20.6 Å². The molecule has 3 N–H and O–H groups in total. The number of anilines is 2. The van der Waals surface area contributed by atoms with Crippen molar-refractivity contribution in [2.45, 2.75) is 45.3 Å². The van der Waals surface area contributed by atoms with E-state index in [0.29, 0.717) is 36.5 Å². The molecule has 1 aliphatic rings. The second-order valence-electron chi connectivity index (χ2n) is 7.57. The first-order valence-corrected chi connectivity index (χ1v) is 9.97. The van der Waals surface area contributed by atoms with Gasteiger partial charge >= 0.3 is 5.97 Å². The van der Waals surface area contributed by atoms with Gasteiger partial charge in [-0.05, 0) is 45.2 Å². The maximum absolute atomic E-state index is 11.3. The summed E-state index contributed by atoms with van der Waals surface area (Å²) in [5.41, 5.74) is 1.57. The van der Waals surface area contributed by atoms with Gasteiger partial charge in [0, 0.05) is 36.2 Å². The maximum Gasteiger partial charge on any atom is 0.335 e. The van der Waals surface area contributed by atoms with Gasteiger partial charge in [0.15, 0.2) is 5.82 Å². The van der Waals surface area contributed by atoms with Gasteiger partial charge < -0.3 is 20.5 Å². The summed E-state index contributed by atoms with van der Waals surface area (Å²) < 4.78 is 5.55. The number of aromatic nitrogens is 3. The molecular weight excluding hydrogens is 370 g/mol. The summed E-state index contributed by atoms with van der Waals surface area (Å²) in [6.07, 6.45) is 5.06. The first kappa shape index (κ1) is 19.3. The standard InChI is InChI=1S/C21H25N5O3/c1-12(2)29-9-3-8-22-21-23-11-16-15-7-4-13(20(27)28)10-17(15)25-19(18(16)26-21)24-14-5-6-14/h4,7,10-12,14H,3,5-6,8-9H2,1-2H3,(H,24,25)(H,27,28)(H,22,23,26). The molecule has 1 saturated carbocycles. The van der Waals surface area contributed by atoms with Crippen molar-refractivity contribution in [3.63, 3.8) is 0 Å². The van der Waals surface area contributed by atoms with Crippen LogP contribution < -0.4 is 10.6 Å². The number of hydrogen-bond donors (Lipinski definition) is 3. The highest BCUT2D eigenvalue weighted by molar-refractivity contribution is 6.09. The lowest BCUT2D eigenvalue weighted by Crippen LogP contribution is -2.11. The van der Waals surface area contributed by atoms with Crippen LogP contribution >= 0.6 is 0 Å². The zero-order valence-electron chi connectivity index (χ0n) is 16.6. The summed E-state index contributed by atoms with van der Waals surface area (Å²) in [5.74, 6) is 0.248. The van der Waals surface area contributed by atoms with Crippen molar-refractivity contribution in [3.05, 3.63) is 30.0 Å². The minimum atomic E-state index is -0.970. The third-order valence-electron chi connectivity index (χ3n) is 4.75. The van der Waals surface area contributed by atoms with Crippen molar-refractivity contribution < 1.29 is 14.6 Å². The van der Waals surface area contributed by atoms with Gasteiger partial charge in [0.25, 0.3) is 0 Å². The van der Waals surface area contributed by atoms with Crippen LogP contribution in [0, 0.1) is 0 Å². The Bertz CT molecular complexity index is 1050. The van der Waals surface area contributed by atoms with Crippen molar-refractivity contribution in [2.75, 3.05) is 23.8 Å². The van der Waals surface area contributed by atoms with Gasteiger partial charge in [0.2, 0.25) is 5.95 Å². The third kappa shape index (κ3) is 4.54. The Morgan fingerprint density at radius 3 is 2.83 bits per heavy atom. The molecule has 0 amide bonds. The molecule has 1 aliphatic carbocycles. The van der Waals surface area contributed by atoms with E-state index in [4.69, 9.17) is 9.72 Å². The fraction of sp³-hybridized carbons (Fsp3) is 0.429. The smallest absolute Gasteiger partial charge is 0.335 e. The Kier molecular flexibility index (Phi) is 5.44. The first-order chi connectivity index (χ1) is 14.0. The molecule has 1 fully saturated rings. The summed E-state index contributed by atoms with van der Waals surface area (Å²) in [7, 11) is 0. The number of carboxylic acids is 1. The second-order valence-corrected chi connectivity index (χ2v) is 7.57. The average molecular weight is 395 g/mol. The van der Waals surface area contributed by atoms with Gasteiger partial charge in [0.05, 0.1) is 17.2 Å².